The van der Waals surface area contributed by atoms with Crippen LogP contribution >= 0.6 is 11.6 Å². The molecule has 1 aromatic carbocycles. The number of rotatable bonds is 3. The lowest BCUT2D eigenvalue weighted by molar-refractivity contribution is 0.0697. The lowest BCUT2D eigenvalue weighted by atomic mass is 10.1. The van der Waals surface area contributed by atoms with Gasteiger partial charge in [-0.05, 0) is 12.8 Å². The summed E-state index contributed by atoms with van der Waals surface area (Å²) in [6.07, 6.45) is 4.30. The topological polar surface area (TPSA) is 55.1 Å². The molecule has 0 spiro atoms. The smallest absolute Gasteiger partial charge is 0.341 e. The van der Waals surface area contributed by atoms with Crippen molar-refractivity contribution in [2.75, 3.05) is 0 Å². The predicted octanol–water partition coefficient (Wildman–Crippen LogP) is 4.02. The fourth-order valence-electron chi connectivity index (χ4n) is 2.79. The number of carboxylic acid groups (broad SMARTS) is 1. The summed E-state index contributed by atoms with van der Waals surface area (Å²) in [4.78, 5) is 11.5. The molecule has 1 saturated carbocycles. The lowest BCUT2D eigenvalue weighted by Gasteiger charge is -2.10. The first-order valence-corrected chi connectivity index (χ1v) is 7.13. The monoisotopic (exact) mass is 290 g/mol. The lowest BCUT2D eigenvalue weighted by Crippen LogP contribution is -2.07. The van der Waals surface area contributed by atoms with Gasteiger partial charge >= 0.3 is 5.97 Å². The van der Waals surface area contributed by atoms with E-state index in [-0.39, 0.29) is 16.8 Å². The molecule has 0 amide bonds. The zero-order chi connectivity index (χ0) is 14.1. The molecule has 4 nitrogen and oxygen atoms in total. The average Bonchev–Trinajstić information content (AvgIpc) is 3.06. The third-order valence-corrected chi connectivity index (χ3v) is 4.15. The standard InChI is InChI=1S/C15H15ClN2O2/c16-14-12(15(19)20)13(10-6-2-1-3-7-10)17-18(14)11-8-4-5-9-11/h1-3,6-7,11H,4-5,8-9H2,(H,19,20). The Morgan fingerprint density at radius 3 is 2.50 bits per heavy atom. The van der Waals surface area contributed by atoms with Crippen LogP contribution in [0.2, 0.25) is 5.15 Å². The van der Waals surface area contributed by atoms with E-state index < -0.39 is 5.97 Å². The van der Waals surface area contributed by atoms with Crippen LogP contribution in [0.4, 0.5) is 0 Å². The minimum atomic E-state index is -1.03. The molecule has 1 heterocycles. The first kappa shape index (κ1) is 13.2. The van der Waals surface area contributed by atoms with Crippen LogP contribution in [0.25, 0.3) is 11.3 Å². The number of nitrogens with zero attached hydrogens (tertiary/aromatic N) is 2. The zero-order valence-electron chi connectivity index (χ0n) is 10.9. The molecule has 3 rings (SSSR count). The summed E-state index contributed by atoms with van der Waals surface area (Å²) in [7, 11) is 0. The first-order chi connectivity index (χ1) is 9.68. The summed E-state index contributed by atoms with van der Waals surface area (Å²) in [6.45, 7) is 0. The Balaban J connectivity index is 2.13. The molecule has 0 saturated heterocycles. The van der Waals surface area contributed by atoms with Gasteiger partial charge in [0.15, 0.2) is 0 Å². The fraction of sp³-hybridized carbons (Fsp3) is 0.333. The predicted molar refractivity (Wildman–Crippen MR) is 77.1 cm³/mol. The third-order valence-electron chi connectivity index (χ3n) is 3.78. The molecule has 0 radical (unpaired) electrons. The van der Waals surface area contributed by atoms with Crippen LogP contribution in [0.15, 0.2) is 30.3 Å². The minimum Gasteiger partial charge on any atom is -0.478 e. The number of carboxylic acids is 1. The van der Waals surface area contributed by atoms with Gasteiger partial charge < -0.3 is 5.11 Å². The minimum absolute atomic E-state index is 0.102. The number of benzene rings is 1. The quantitative estimate of drug-likeness (QED) is 0.929. The molecule has 2 aromatic rings. The number of carbonyl (C=O) groups is 1. The Labute approximate surface area is 122 Å². The second-order valence-electron chi connectivity index (χ2n) is 5.07. The van der Waals surface area contributed by atoms with E-state index in [1.807, 2.05) is 30.3 Å². The van der Waals surface area contributed by atoms with Crippen LogP contribution in [0, 0.1) is 0 Å². The van der Waals surface area contributed by atoms with Crippen molar-refractivity contribution >= 4 is 17.6 Å². The summed E-state index contributed by atoms with van der Waals surface area (Å²) >= 11 is 6.27. The molecule has 1 aromatic heterocycles. The van der Waals surface area contributed by atoms with E-state index >= 15 is 0 Å². The summed E-state index contributed by atoms with van der Waals surface area (Å²) in [5, 5.41) is 14.2. The Morgan fingerprint density at radius 2 is 1.90 bits per heavy atom. The molecule has 1 fully saturated rings. The highest BCUT2D eigenvalue weighted by atomic mass is 35.5. The van der Waals surface area contributed by atoms with Gasteiger partial charge in [0.05, 0.1) is 6.04 Å². The summed E-state index contributed by atoms with van der Waals surface area (Å²) in [5.41, 5.74) is 1.34. The molecule has 20 heavy (non-hydrogen) atoms. The van der Waals surface area contributed by atoms with E-state index in [4.69, 9.17) is 11.6 Å². The van der Waals surface area contributed by atoms with E-state index in [1.165, 1.54) is 0 Å². The summed E-state index contributed by atoms with van der Waals surface area (Å²) in [6, 6.07) is 9.54. The molecule has 1 N–H and O–H groups in total. The van der Waals surface area contributed by atoms with Crippen molar-refractivity contribution in [1.29, 1.82) is 0 Å². The molecule has 0 atom stereocenters. The van der Waals surface area contributed by atoms with Crippen LogP contribution < -0.4 is 0 Å². The summed E-state index contributed by atoms with van der Waals surface area (Å²) in [5.74, 6) is -1.03. The van der Waals surface area contributed by atoms with E-state index in [2.05, 4.69) is 5.10 Å². The SMILES string of the molecule is O=C(O)c1c(-c2ccccc2)nn(C2CCCC2)c1Cl. The van der Waals surface area contributed by atoms with Gasteiger partial charge in [-0.1, -0.05) is 54.8 Å². The highest BCUT2D eigenvalue weighted by Crippen LogP contribution is 2.36. The van der Waals surface area contributed by atoms with Crippen LogP contribution in [0.3, 0.4) is 0 Å². The van der Waals surface area contributed by atoms with E-state index in [1.54, 1.807) is 4.68 Å². The molecule has 1 aliphatic rings. The number of hydrogen-bond donors (Lipinski definition) is 1. The van der Waals surface area contributed by atoms with Crippen molar-refractivity contribution in [2.45, 2.75) is 31.7 Å². The Morgan fingerprint density at radius 1 is 1.25 bits per heavy atom. The number of aromatic nitrogens is 2. The Bertz CT molecular complexity index is 631. The van der Waals surface area contributed by atoms with Gasteiger partial charge in [-0.3, -0.25) is 0 Å². The van der Waals surface area contributed by atoms with Gasteiger partial charge in [-0.25, -0.2) is 9.48 Å². The third kappa shape index (κ3) is 2.20. The van der Waals surface area contributed by atoms with E-state index in [0.29, 0.717) is 5.69 Å². The van der Waals surface area contributed by atoms with Gasteiger partial charge in [0.1, 0.15) is 16.4 Å². The zero-order valence-corrected chi connectivity index (χ0v) is 11.7. The van der Waals surface area contributed by atoms with Crippen molar-refractivity contribution in [1.82, 2.24) is 9.78 Å². The molecule has 0 unspecified atom stereocenters. The highest BCUT2D eigenvalue weighted by molar-refractivity contribution is 6.33. The van der Waals surface area contributed by atoms with Gasteiger partial charge in [-0.2, -0.15) is 5.10 Å². The molecular weight excluding hydrogens is 276 g/mol. The van der Waals surface area contributed by atoms with Gasteiger partial charge in [0.2, 0.25) is 0 Å². The molecule has 0 bridgehead atoms. The van der Waals surface area contributed by atoms with Crippen molar-refractivity contribution in [3.63, 3.8) is 0 Å². The molecule has 104 valence electrons. The Hall–Kier alpha value is -1.81. The maximum atomic E-state index is 11.5. The van der Waals surface area contributed by atoms with Crippen LogP contribution in [-0.4, -0.2) is 20.9 Å². The number of aromatic carboxylic acids is 1. The van der Waals surface area contributed by atoms with Crippen molar-refractivity contribution < 1.29 is 9.90 Å². The van der Waals surface area contributed by atoms with Crippen molar-refractivity contribution in [3.05, 3.63) is 41.0 Å². The fourth-order valence-corrected chi connectivity index (χ4v) is 3.14. The summed E-state index contributed by atoms with van der Waals surface area (Å²) < 4.78 is 1.69. The number of halogens is 1. The maximum absolute atomic E-state index is 11.5. The van der Waals surface area contributed by atoms with Crippen LogP contribution in [-0.2, 0) is 0 Å². The van der Waals surface area contributed by atoms with E-state index in [0.717, 1.165) is 31.2 Å². The van der Waals surface area contributed by atoms with Crippen LogP contribution in [0.5, 0.6) is 0 Å². The first-order valence-electron chi connectivity index (χ1n) is 6.75. The van der Waals surface area contributed by atoms with Gasteiger partial charge in [0, 0.05) is 5.56 Å². The maximum Gasteiger partial charge on any atom is 0.341 e. The second-order valence-corrected chi connectivity index (χ2v) is 5.43. The van der Waals surface area contributed by atoms with E-state index in [9.17, 15) is 9.90 Å². The molecule has 1 aliphatic carbocycles. The highest BCUT2D eigenvalue weighted by Gasteiger charge is 2.28. The normalized spacial score (nSPS) is 15.7. The molecular formula is C15H15ClN2O2. The van der Waals surface area contributed by atoms with Crippen molar-refractivity contribution in [2.24, 2.45) is 0 Å². The molecule has 0 aliphatic heterocycles. The average molecular weight is 291 g/mol. The van der Waals surface area contributed by atoms with Gasteiger partial charge in [-0.15, -0.1) is 0 Å². The number of hydrogen-bond acceptors (Lipinski definition) is 2. The van der Waals surface area contributed by atoms with Gasteiger partial charge in [0.25, 0.3) is 0 Å². The van der Waals surface area contributed by atoms with Crippen LogP contribution in [0.1, 0.15) is 42.1 Å². The second kappa shape index (κ2) is 5.29. The Kier molecular flexibility index (Phi) is 3.49. The molecule has 5 heteroatoms. The van der Waals surface area contributed by atoms with Crippen molar-refractivity contribution in [3.8, 4) is 11.3 Å². The largest absolute Gasteiger partial charge is 0.478 e.